The molecule has 12 heteroatoms. The Labute approximate surface area is 181 Å². The second kappa shape index (κ2) is 9.39. The van der Waals surface area contributed by atoms with E-state index in [2.05, 4.69) is 15.4 Å². The van der Waals surface area contributed by atoms with Gasteiger partial charge in [-0.1, -0.05) is 0 Å². The van der Waals surface area contributed by atoms with Crippen LogP contribution in [0.3, 0.4) is 0 Å². The van der Waals surface area contributed by atoms with Gasteiger partial charge in [-0.2, -0.15) is 5.10 Å². The van der Waals surface area contributed by atoms with Gasteiger partial charge in [-0.15, -0.1) is 0 Å². The van der Waals surface area contributed by atoms with Gasteiger partial charge in [0.05, 0.1) is 24.8 Å². The fraction of sp³-hybridized carbons (Fsp3) is 0.450. The van der Waals surface area contributed by atoms with Gasteiger partial charge in [0.25, 0.3) is 0 Å². The number of pyridine rings is 1. The number of nitrogens with zero attached hydrogens (tertiary/aromatic N) is 4. The molecule has 3 heterocycles. The molecule has 2 amide bonds. The Morgan fingerprint density at radius 3 is 2.69 bits per heavy atom. The van der Waals surface area contributed by atoms with Gasteiger partial charge in [-0.05, 0) is 25.5 Å². The van der Waals surface area contributed by atoms with Crippen molar-refractivity contribution in [1.82, 2.24) is 25.0 Å². The van der Waals surface area contributed by atoms with Crippen LogP contribution >= 0.6 is 0 Å². The van der Waals surface area contributed by atoms with Gasteiger partial charge in [0.1, 0.15) is 30.7 Å². The number of ether oxygens (including phenoxy) is 1. The highest BCUT2D eigenvalue weighted by Gasteiger charge is 2.48. The van der Waals surface area contributed by atoms with Crippen molar-refractivity contribution in [3.63, 3.8) is 0 Å². The van der Waals surface area contributed by atoms with E-state index in [0.29, 0.717) is 11.1 Å². The lowest BCUT2D eigenvalue weighted by molar-refractivity contribution is -0.141. The van der Waals surface area contributed by atoms with E-state index in [4.69, 9.17) is 4.74 Å². The number of methoxy groups -OCH3 is 1. The topological polar surface area (TPSA) is 127 Å². The van der Waals surface area contributed by atoms with Crippen LogP contribution in [-0.2, 0) is 20.9 Å². The standard InChI is InChI=1S/C20H23F2N5O5/c1-10(2)12(21)6-24-19(29)17-18(32-3)13(22)8-26(17)15(28)9-27-14-7-23-5-4-11(14)16(25-27)20(30)31/h4-5,7,13,17-18H,6,8-9H2,1-3H3,(H,24,29)(H,30,31)/t13-,17-,18+/m0/s1. The van der Waals surface area contributed by atoms with E-state index in [0.717, 1.165) is 9.58 Å². The minimum Gasteiger partial charge on any atom is -0.476 e. The summed E-state index contributed by atoms with van der Waals surface area (Å²) in [5.74, 6) is -3.27. The number of allylic oxidation sites excluding steroid dienone is 1. The molecule has 172 valence electrons. The van der Waals surface area contributed by atoms with E-state index in [1.165, 1.54) is 39.4 Å². The summed E-state index contributed by atoms with van der Waals surface area (Å²) in [4.78, 5) is 42.1. The van der Waals surface area contributed by atoms with Crippen molar-refractivity contribution in [2.24, 2.45) is 0 Å². The smallest absolute Gasteiger partial charge is 0.357 e. The first kappa shape index (κ1) is 23.3. The number of alkyl halides is 1. The molecule has 1 fully saturated rings. The summed E-state index contributed by atoms with van der Waals surface area (Å²) in [7, 11) is 1.22. The summed E-state index contributed by atoms with van der Waals surface area (Å²) in [6, 6.07) is 0.126. The first-order valence-electron chi connectivity index (χ1n) is 9.75. The SMILES string of the molecule is CO[C@H]1[C@@H](C(=O)NCC(F)=C(C)C)N(C(=O)Cn2nc(C(=O)O)c3ccncc32)C[C@@H]1F. The van der Waals surface area contributed by atoms with Crippen LogP contribution in [0.5, 0.6) is 0 Å². The number of fused-ring (bicyclic) bond motifs is 1. The molecule has 0 aliphatic carbocycles. The average molecular weight is 451 g/mol. The largest absolute Gasteiger partial charge is 0.476 e. The summed E-state index contributed by atoms with van der Waals surface area (Å²) < 4.78 is 34.6. The predicted molar refractivity (Wildman–Crippen MR) is 108 cm³/mol. The van der Waals surface area contributed by atoms with Crippen LogP contribution in [-0.4, -0.2) is 81.1 Å². The quantitative estimate of drug-likeness (QED) is 0.645. The second-order valence-electron chi connectivity index (χ2n) is 7.53. The number of carboxylic acids is 1. The van der Waals surface area contributed by atoms with Gasteiger partial charge in [0.2, 0.25) is 11.8 Å². The summed E-state index contributed by atoms with van der Waals surface area (Å²) in [5.41, 5.74) is 0.412. The zero-order chi connectivity index (χ0) is 23.6. The molecule has 2 N–H and O–H groups in total. The van der Waals surface area contributed by atoms with E-state index < -0.39 is 61.6 Å². The number of carboxylic acid groups (broad SMARTS) is 1. The molecule has 1 aliphatic rings. The number of rotatable bonds is 7. The molecular formula is C20H23F2N5O5. The van der Waals surface area contributed by atoms with Crippen LogP contribution in [0.1, 0.15) is 24.3 Å². The second-order valence-corrected chi connectivity index (χ2v) is 7.53. The highest BCUT2D eigenvalue weighted by Crippen LogP contribution is 2.25. The van der Waals surface area contributed by atoms with E-state index in [1.54, 1.807) is 0 Å². The Balaban J connectivity index is 1.86. The minimum absolute atomic E-state index is 0.263. The summed E-state index contributed by atoms with van der Waals surface area (Å²) in [6.07, 6.45) is -0.127. The molecule has 32 heavy (non-hydrogen) atoms. The third-order valence-electron chi connectivity index (χ3n) is 5.24. The van der Waals surface area contributed by atoms with Crippen molar-refractivity contribution in [2.45, 2.75) is 38.7 Å². The Kier molecular flexibility index (Phi) is 6.82. The lowest BCUT2D eigenvalue weighted by Crippen LogP contribution is -2.51. The number of halogens is 2. The zero-order valence-corrected chi connectivity index (χ0v) is 17.7. The summed E-state index contributed by atoms with van der Waals surface area (Å²) >= 11 is 0. The van der Waals surface area contributed by atoms with Gasteiger partial charge < -0.3 is 20.1 Å². The molecule has 1 aliphatic heterocycles. The van der Waals surface area contributed by atoms with Gasteiger partial charge in [0.15, 0.2) is 5.69 Å². The van der Waals surface area contributed by atoms with E-state index in [9.17, 15) is 28.3 Å². The molecule has 1 saturated heterocycles. The Morgan fingerprint density at radius 1 is 1.34 bits per heavy atom. The number of carbonyl (C=O) groups is 3. The van der Waals surface area contributed by atoms with Crippen LogP contribution in [0.15, 0.2) is 29.9 Å². The molecule has 2 aromatic rings. The number of likely N-dealkylation sites (tertiary alicyclic amines) is 1. The number of aromatic carboxylic acids is 1. The molecule has 2 aromatic heterocycles. The number of hydrogen-bond donors (Lipinski definition) is 2. The maximum absolute atomic E-state index is 14.5. The zero-order valence-electron chi connectivity index (χ0n) is 17.7. The number of carbonyl (C=O) groups excluding carboxylic acids is 2. The Morgan fingerprint density at radius 2 is 2.06 bits per heavy atom. The number of nitrogens with one attached hydrogen (secondary N) is 1. The maximum Gasteiger partial charge on any atom is 0.357 e. The number of aromatic nitrogens is 3. The highest BCUT2D eigenvalue weighted by molar-refractivity contribution is 6.01. The van der Waals surface area contributed by atoms with E-state index in [-0.39, 0.29) is 11.1 Å². The van der Waals surface area contributed by atoms with Crippen molar-refractivity contribution >= 4 is 28.7 Å². The van der Waals surface area contributed by atoms with Crippen molar-refractivity contribution in [3.05, 3.63) is 35.6 Å². The fourth-order valence-electron chi connectivity index (χ4n) is 3.57. The van der Waals surface area contributed by atoms with Crippen LogP contribution < -0.4 is 5.32 Å². The van der Waals surface area contributed by atoms with Crippen molar-refractivity contribution in [2.75, 3.05) is 20.2 Å². The molecule has 3 rings (SSSR count). The van der Waals surface area contributed by atoms with Crippen molar-refractivity contribution < 1.29 is 33.0 Å². The molecule has 0 aromatic carbocycles. The van der Waals surface area contributed by atoms with Gasteiger partial charge in [0, 0.05) is 18.7 Å². The molecule has 0 spiro atoms. The predicted octanol–water partition coefficient (Wildman–Crippen LogP) is 1.07. The monoisotopic (exact) mass is 451 g/mol. The first-order chi connectivity index (χ1) is 15.1. The minimum atomic E-state index is -1.64. The Hall–Kier alpha value is -3.41. The van der Waals surface area contributed by atoms with E-state index in [1.807, 2.05) is 0 Å². The lowest BCUT2D eigenvalue weighted by atomic mass is 10.1. The van der Waals surface area contributed by atoms with Crippen LogP contribution in [0, 0.1) is 0 Å². The van der Waals surface area contributed by atoms with Crippen LogP contribution in [0.25, 0.3) is 10.9 Å². The number of hydrogen-bond acceptors (Lipinski definition) is 6. The summed E-state index contributed by atoms with van der Waals surface area (Å²) in [6.45, 7) is 1.81. The lowest BCUT2D eigenvalue weighted by Gasteiger charge is -2.26. The highest BCUT2D eigenvalue weighted by atomic mass is 19.1. The molecule has 0 radical (unpaired) electrons. The molecule has 0 bridgehead atoms. The fourth-order valence-corrected chi connectivity index (χ4v) is 3.57. The van der Waals surface area contributed by atoms with E-state index >= 15 is 0 Å². The van der Waals surface area contributed by atoms with Gasteiger partial charge >= 0.3 is 5.97 Å². The summed E-state index contributed by atoms with van der Waals surface area (Å²) in [5, 5.41) is 16.0. The molecule has 10 nitrogen and oxygen atoms in total. The Bertz CT molecular complexity index is 1080. The van der Waals surface area contributed by atoms with Crippen LogP contribution in [0.4, 0.5) is 8.78 Å². The van der Waals surface area contributed by atoms with Gasteiger partial charge in [-0.3, -0.25) is 19.3 Å². The van der Waals surface area contributed by atoms with Gasteiger partial charge in [-0.25, -0.2) is 13.6 Å². The number of amides is 2. The first-order valence-corrected chi connectivity index (χ1v) is 9.75. The van der Waals surface area contributed by atoms with Crippen molar-refractivity contribution in [1.29, 1.82) is 0 Å². The van der Waals surface area contributed by atoms with Crippen LogP contribution in [0.2, 0.25) is 0 Å². The third-order valence-corrected chi connectivity index (χ3v) is 5.24. The third kappa shape index (κ3) is 4.44. The molecular weight excluding hydrogens is 428 g/mol. The maximum atomic E-state index is 14.5. The molecule has 3 atom stereocenters. The normalized spacial score (nSPS) is 20.4. The average Bonchev–Trinajstić information content (AvgIpc) is 3.29. The van der Waals surface area contributed by atoms with Crippen molar-refractivity contribution in [3.8, 4) is 0 Å². The molecule has 0 unspecified atom stereocenters. The molecule has 0 saturated carbocycles.